The summed E-state index contributed by atoms with van der Waals surface area (Å²) in [5, 5.41) is 3.65. The number of fused-ring (bicyclic) bond motifs is 1. The molecule has 1 fully saturated rings. The SMILES string of the molecule is COC(=O)[C@@H](Cc1c[nH]c2ccccc12)NC(=O)c1ccc(C)c(S(=O)(=O)N2CCOCC2)c1. The van der Waals surface area contributed by atoms with Gasteiger partial charge in [-0.1, -0.05) is 24.3 Å². The van der Waals surface area contributed by atoms with E-state index in [1.807, 2.05) is 24.3 Å². The first-order valence-electron chi connectivity index (χ1n) is 10.9. The number of morpholine rings is 1. The molecule has 1 amide bonds. The third-order valence-electron chi connectivity index (χ3n) is 5.93. The van der Waals surface area contributed by atoms with Crippen LogP contribution in [0.2, 0.25) is 0 Å². The molecule has 2 aromatic carbocycles. The average Bonchev–Trinajstić information content (AvgIpc) is 3.26. The minimum Gasteiger partial charge on any atom is -0.467 e. The predicted octanol–water partition coefficient (Wildman–Crippen LogP) is 2.01. The zero-order valence-electron chi connectivity index (χ0n) is 19.0. The van der Waals surface area contributed by atoms with Crippen molar-refractivity contribution in [2.45, 2.75) is 24.3 Å². The first kappa shape index (κ1) is 23.9. The molecule has 0 spiro atoms. The number of H-pyrrole nitrogens is 1. The highest BCUT2D eigenvalue weighted by Crippen LogP contribution is 2.23. The highest BCUT2D eigenvalue weighted by molar-refractivity contribution is 7.89. The number of carbonyl (C=O) groups excluding carboxylic acids is 2. The molecular formula is C24H27N3O6S. The molecule has 0 aliphatic carbocycles. The Bertz CT molecular complexity index is 1310. The quantitative estimate of drug-likeness (QED) is 0.495. The summed E-state index contributed by atoms with van der Waals surface area (Å²) in [5.41, 5.74) is 2.45. The summed E-state index contributed by atoms with van der Waals surface area (Å²) in [5.74, 6) is -1.15. The van der Waals surface area contributed by atoms with Crippen molar-refractivity contribution in [1.29, 1.82) is 0 Å². The van der Waals surface area contributed by atoms with Crippen LogP contribution in [-0.4, -0.2) is 69.0 Å². The van der Waals surface area contributed by atoms with Crippen molar-refractivity contribution < 1.29 is 27.5 Å². The zero-order valence-corrected chi connectivity index (χ0v) is 19.9. The monoisotopic (exact) mass is 485 g/mol. The van der Waals surface area contributed by atoms with Gasteiger partial charge in [-0.25, -0.2) is 13.2 Å². The minimum absolute atomic E-state index is 0.0632. The van der Waals surface area contributed by atoms with Crippen LogP contribution in [0.25, 0.3) is 10.9 Å². The first-order chi connectivity index (χ1) is 16.3. The lowest BCUT2D eigenvalue weighted by Crippen LogP contribution is -2.43. The van der Waals surface area contributed by atoms with E-state index in [-0.39, 0.29) is 30.0 Å². The maximum absolute atomic E-state index is 13.2. The van der Waals surface area contributed by atoms with Crippen molar-refractivity contribution in [2.75, 3.05) is 33.4 Å². The molecule has 0 radical (unpaired) electrons. The van der Waals surface area contributed by atoms with Gasteiger partial charge < -0.3 is 19.8 Å². The van der Waals surface area contributed by atoms with Crippen LogP contribution in [0.15, 0.2) is 53.6 Å². The number of para-hydroxylation sites is 1. The average molecular weight is 486 g/mol. The van der Waals surface area contributed by atoms with Crippen LogP contribution in [0.5, 0.6) is 0 Å². The highest BCUT2D eigenvalue weighted by Gasteiger charge is 2.29. The summed E-state index contributed by atoms with van der Waals surface area (Å²) in [4.78, 5) is 28.8. The fourth-order valence-electron chi connectivity index (χ4n) is 4.04. The van der Waals surface area contributed by atoms with Gasteiger partial charge >= 0.3 is 5.97 Å². The van der Waals surface area contributed by atoms with Gasteiger partial charge in [0, 0.05) is 42.2 Å². The van der Waals surface area contributed by atoms with Gasteiger partial charge in [-0.15, -0.1) is 0 Å². The number of aromatic nitrogens is 1. The van der Waals surface area contributed by atoms with Gasteiger partial charge in [0.2, 0.25) is 10.0 Å². The van der Waals surface area contributed by atoms with E-state index in [0.29, 0.717) is 18.8 Å². The van der Waals surface area contributed by atoms with Crippen molar-refractivity contribution in [1.82, 2.24) is 14.6 Å². The number of nitrogens with one attached hydrogen (secondary N) is 2. The van der Waals surface area contributed by atoms with Crippen molar-refractivity contribution in [3.63, 3.8) is 0 Å². The van der Waals surface area contributed by atoms with Crippen LogP contribution in [-0.2, 0) is 30.7 Å². The van der Waals surface area contributed by atoms with Crippen molar-refractivity contribution in [3.05, 3.63) is 65.4 Å². The number of rotatable bonds is 7. The number of esters is 1. The van der Waals surface area contributed by atoms with Gasteiger partial charge in [-0.3, -0.25) is 4.79 Å². The second-order valence-electron chi connectivity index (χ2n) is 8.11. The lowest BCUT2D eigenvalue weighted by atomic mass is 10.0. The molecule has 10 heteroatoms. The van der Waals surface area contributed by atoms with Gasteiger partial charge in [0.25, 0.3) is 5.91 Å². The van der Waals surface area contributed by atoms with E-state index >= 15 is 0 Å². The van der Waals surface area contributed by atoms with Crippen LogP contribution in [0.1, 0.15) is 21.5 Å². The molecule has 1 saturated heterocycles. The van der Waals surface area contributed by atoms with E-state index in [1.54, 1.807) is 25.3 Å². The van der Waals surface area contributed by atoms with E-state index < -0.39 is 27.9 Å². The normalized spacial score (nSPS) is 15.7. The number of hydrogen-bond donors (Lipinski definition) is 2. The van der Waals surface area contributed by atoms with Crippen molar-refractivity contribution in [2.24, 2.45) is 0 Å². The predicted molar refractivity (Wildman–Crippen MR) is 126 cm³/mol. The third-order valence-corrected chi connectivity index (χ3v) is 7.97. The molecule has 9 nitrogen and oxygen atoms in total. The van der Waals surface area contributed by atoms with Crippen LogP contribution >= 0.6 is 0 Å². The fourth-order valence-corrected chi connectivity index (χ4v) is 5.70. The summed E-state index contributed by atoms with van der Waals surface area (Å²) < 4.78 is 37.8. The van der Waals surface area contributed by atoms with Gasteiger partial charge in [-0.05, 0) is 36.2 Å². The summed E-state index contributed by atoms with van der Waals surface area (Å²) in [6, 6.07) is 11.2. The highest BCUT2D eigenvalue weighted by atomic mass is 32.2. The lowest BCUT2D eigenvalue weighted by molar-refractivity contribution is -0.142. The molecule has 0 saturated carbocycles. The fraction of sp³-hybridized carbons (Fsp3) is 0.333. The molecule has 34 heavy (non-hydrogen) atoms. The maximum atomic E-state index is 13.2. The summed E-state index contributed by atoms with van der Waals surface area (Å²) in [6.07, 6.45) is 2.01. The summed E-state index contributed by atoms with van der Waals surface area (Å²) in [7, 11) is -2.53. The smallest absolute Gasteiger partial charge is 0.328 e. The van der Waals surface area contributed by atoms with Crippen LogP contribution in [0, 0.1) is 6.92 Å². The number of hydrogen-bond acceptors (Lipinski definition) is 6. The molecule has 1 aromatic heterocycles. The Balaban J connectivity index is 1.58. The second kappa shape index (κ2) is 9.96. The number of benzene rings is 2. The van der Waals surface area contributed by atoms with E-state index in [1.165, 1.54) is 17.5 Å². The Morgan fingerprint density at radius 2 is 1.91 bits per heavy atom. The van der Waals surface area contributed by atoms with Gasteiger partial charge in [0.05, 0.1) is 25.2 Å². The van der Waals surface area contributed by atoms with E-state index in [4.69, 9.17) is 9.47 Å². The first-order valence-corrected chi connectivity index (χ1v) is 12.4. The Labute approximate surface area is 198 Å². The summed E-state index contributed by atoms with van der Waals surface area (Å²) in [6.45, 7) is 2.85. The van der Waals surface area contributed by atoms with Crippen LogP contribution in [0.3, 0.4) is 0 Å². The largest absolute Gasteiger partial charge is 0.467 e. The standard InChI is InChI=1S/C24H27N3O6S/c1-16-7-8-17(14-22(16)34(30,31)27-9-11-33-12-10-27)23(28)26-21(24(29)32-2)13-18-15-25-20-6-4-3-5-19(18)20/h3-8,14-15,21,25H,9-13H2,1-2H3,(H,26,28)/t21-/m1/s1. The van der Waals surface area contributed by atoms with E-state index in [2.05, 4.69) is 10.3 Å². The van der Waals surface area contributed by atoms with Gasteiger partial charge in [0.1, 0.15) is 6.04 Å². The second-order valence-corrected chi connectivity index (χ2v) is 10.0. The van der Waals surface area contributed by atoms with Crippen molar-refractivity contribution in [3.8, 4) is 0 Å². The molecule has 1 aliphatic heterocycles. The van der Waals surface area contributed by atoms with Gasteiger partial charge in [-0.2, -0.15) is 4.31 Å². The topological polar surface area (TPSA) is 118 Å². The number of ether oxygens (including phenoxy) is 2. The molecular weight excluding hydrogens is 458 g/mol. The number of nitrogens with zero attached hydrogens (tertiary/aromatic N) is 1. The Hall–Kier alpha value is -3.21. The molecule has 1 atom stereocenters. The number of sulfonamides is 1. The van der Waals surface area contributed by atoms with E-state index in [0.717, 1.165) is 16.5 Å². The maximum Gasteiger partial charge on any atom is 0.328 e. The number of aryl methyl sites for hydroxylation is 1. The molecule has 4 rings (SSSR count). The molecule has 0 unspecified atom stereocenters. The number of carbonyl (C=O) groups is 2. The zero-order chi connectivity index (χ0) is 24.3. The molecule has 1 aliphatic rings. The van der Waals surface area contributed by atoms with Gasteiger partial charge in [0.15, 0.2) is 0 Å². The lowest BCUT2D eigenvalue weighted by Gasteiger charge is -2.27. The Morgan fingerprint density at radius 3 is 2.65 bits per heavy atom. The summed E-state index contributed by atoms with van der Waals surface area (Å²) >= 11 is 0. The Kier molecular flexibility index (Phi) is 7.01. The number of aromatic amines is 1. The third kappa shape index (κ3) is 4.84. The van der Waals surface area contributed by atoms with Crippen LogP contribution in [0.4, 0.5) is 0 Å². The molecule has 0 bridgehead atoms. The van der Waals surface area contributed by atoms with Crippen molar-refractivity contribution >= 4 is 32.8 Å². The number of methoxy groups -OCH3 is 1. The van der Waals surface area contributed by atoms with Crippen LogP contribution < -0.4 is 5.32 Å². The van der Waals surface area contributed by atoms with E-state index in [9.17, 15) is 18.0 Å². The minimum atomic E-state index is -3.79. The number of amides is 1. The molecule has 180 valence electrons. The molecule has 2 heterocycles. The Morgan fingerprint density at radius 1 is 1.18 bits per heavy atom. The molecule has 3 aromatic rings. The molecule has 2 N–H and O–H groups in total.